The molecular weight excluding hydrogens is 364 g/mol. The smallest absolute Gasteiger partial charge is 0.243 e. The minimum Gasteiger partial charge on any atom is -0.381 e. The Morgan fingerprint density at radius 3 is 2.67 bits per heavy atom. The van der Waals surface area contributed by atoms with E-state index in [1.165, 1.54) is 15.4 Å². The topological polar surface area (TPSA) is 75.7 Å². The number of nitrogens with one attached hydrogen (secondary N) is 1. The molecule has 2 aliphatic heterocycles. The number of hydrogen-bond acceptors (Lipinski definition) is 4. The largest absolute Gasteiger partial charge is 0.381 e. The number of ether oxygens (including phenoxy) is 1. The molecule has 2 heterocycles. The summed E-state index contributed by atoms with van der Waals surface area (Å²) < 4.78 is 32.8. The fraction of sp³-hybridized carbons (Fsp3) is 0.650. The highest BCUT2D eigenvalue weighted by atomic mass is 32.2. The highest BCUT2D eigenvalue weighted by Crippen LogP contribution is 2.28. The molecule has 6 nitrogen and oxygen atoms in total. The Bertz CT molecular complexity index is 794. The minimum atomic E-state index is -3.47. The Kier molecular flexibility index (Phi) is 5.53. The van der Waals surface area contributed by atoms with Gasteiger partial charge in [-0.05, 0) is 61.8 Å². The molecule has 0 spiro atoms. The van der Waals surface area contributed by atoms with Gasteiger partial charge in [-0.2, -0.15) is 4.31 Å². The monoisotopic (exact) mass is 392 g/mol. The average Bonchev–Trinajstić information content (AvgIpc) is 3.37. The fourth-order valence-electron chi connectivity index (χ4n) is 4.35. The third-order valence-electron chi connectivity index (χ3n) is 6.12. The summed E-state index contributed by atoms with van der Waals surface area (Å²) in [4.78, 5) is 12.8. The molecule has 0 radical (unpaired) electrons. The van der Waals surface area contributed by atoms with Gasteiger partial charge >= 0.3 is 0 Å². The first-order valence-electron chi connectivity index (χ1n) is 10.0. The normalized spacial score (nSPS) is 24.1. The molecule has 1 amide bonds. The summed E-state index contributed by atoms with van der Waals surface area (Å²) in [5.74, 6) is 0.365. The van der Waals surface area contributed by atoms with Crippen LogP contribution in [0.3, 0.4) is 0 Å². The lowest BCUT2D eigenvalue weighted by atomic mass is 9.97. The number of aryl methyl sites for hydroxylation is 2. The van der Waals surface area contributed by atoms with Crippen molar-refractivity contribution in [2.45, 2.75) is 43.4 Å². The number of piperidine rings is 1. The lowest BCUT2D eigenvalue weighted by Crippen LogP contribution is -2.43. The van der Waals surface area contributed by atoms with E-state index in [9.17, 15) is 13.2 Å². The van der Waals surface area contributed by atoms with E-state index >= 15 is 0 Å². The molecule has 1 aromatic rings. The van der Waals surface area contributed by atoms with Gasteiger partial charge in [0.05, 0.1) is 11.5 Å². The van der Waals surface area contributed by atoms with Crippen molar-refractivity contribution >= 4 is 15.9 Å². The molecule has 1 aromatic carbocycles. The number of amides is 1. The van der Waals surface area contributed by atoms with Gasteiger partial charge in [0.2, 0.25) is 15.9 Å². The summed E-state index contributed by atoms with van der Waals surface area (Å²) >= 11 is 0. The van der Waals surface area contributed by atoms with Crippen LogP contribution < -0.4 is 5.32 Å². The van der Waals surface area contributed by atoms with Crippen molar-refractivity contribution in [3.05, 3.63) is 29.3 Å². The molecule has 2 fully saturated rings. The quantitative estimate of drug-likeness (QED) is 0.828. The van der Waals surface area contributed by atoms with E-state index in [0.29, 0.717) is 43.3 Å². The summed E-state index contributed by atoms with van der Waals surface area (Å²) in [7, 11) is -3.47. The molecule has 3 aliphatic rings. The van der Waals surface area contributed by atoms with Crippen LogP contribution in [0.4, 0.5) is 0 Å². The van der Waals surface area contributed by atoms with Gasteiger partial charge in [-0.15, -0.1) is 0 Å². The lowest BCUT2D eigenvalue weighted by molar-refractivity contribution is -0.126. The van der Waals surface area contributed by atoms with Gasteiger partial charge in [-0.3, -0.25) is 4.79 Å². The van der Waals surface area contributed by atoms with Gasteiger partial charge in [0, 0.05) is 38.1 Å². The molecule has 1 N–H and O–H groups in total. The fourth-order valence-corrected chi connectivity index (χ4v) is 5.87. The van der Waals surface area contributed by atoms with Crippen LogP contribution >= 0.6 is 0 Å². The molecule has 0 bridgehead atoms. The van der Waals surface area contributed by atoms with Gasteiger partial charge in [-0.1, -0.05) is 6.07 Å². The summed E-state index contributed by atoms with van der Waals surface area (Å²) in [5, 5.41) is 3.02. The van der Waals surface area contributed by atoms with E-state index in [1.807, 2.05) is 12.1 Å². The van der Waals surface area contributed by atoms with Crippen LogP contribution in [0.1, 0.15) is 36.8 Å². The first-order chi connectivity index (χ1) is 13.0. The molecule has 7 heteroatoms. The van der Waals surface area contributed by atoms with Crippen LogP contribution in [-0.2, 0) is 32.4 Å². The van der Waals surface area contributed by atoms with Crippen LogP contribution in [0.5, 0.6) is 0 Å². The Hall–Kier alpha value is -1.44. The minimum absolute atomic E-state index is 0.0523. The van der Waals surface area contributed by atoms with Gasteiger partial charge < -0.3 is 10.1 Å². The maximum atomic E-state index is 13.0. The van der Waals surface area contributed by atoms with Crippen molar-refractivity contribution < 1.29 is 17.9 Å². The zero-order chi connectivity index (χ0) is 18.9. The van der Waals surface area contributed by atoms with E-state index in [1.54, 1.807) is 6.07 Å². The molecule has 0 unspecified atom stereocenters. The molecule has 1 aliphatic carbocycles. The highest BCUT2D eigenvalue weighted by Gasteiger charge is 2.32. The van der Waals surface area contributed by atoms with Crippen molar-refractivity contribution in [1.82, 2.24) is 9.62 Å². The van der Waals surface area contributed by atoms with Crippen LogP contribution in [0.2, 0.25) is 0 Å². The number of nitrogens with zero attached hydrogens (tertiary/aromatic N) is 1. The number of carbonyl (C=O) groups excluding carboxylic acids is 1. The number of hydrogen-bond donors (Lipinski definition) is 1. The molecule has 0 saturated carbocycles. The Labute approximate surface area is 161 Å². The SMILES string of the molecule is O=C(NC[C@H]1CCOC1)C1CCN(S(=O)(=O)c2ccc3c(c2)CCC3)CC1. The molecule has 148 valence electrons. The van der Waals surface area contributed by atoms with E-state index in [4.69, 9.17) is 4.74 Å². The van der Waals surface area contributed by atoms with Crippen LogP contribution in [0.25, 0.3) is 0 Å². The maximum absolute atomic E-state index is 13.0. The van der Waals surface area contributed by atoms with Crippen LogP contribution in [0.15, 0.2) is 23.1 Å². The van der Waals surface area contributed by atoms with Crippen molar-refractivity contribution in [2.24, 2.45) is 11.8 Å². The Balaban J connectivity index is 1.33. The first-order valence-corrected chi connectivity index (χ1v) is 11.5. The number of sulfonamides is 1. The van der Waals surface area contributed by atoms with E-state index in [-0.39, 0.29) is 11.8 Å². The van der Waals surface area contributed by atoms with Gasteiger partial charge in [0.25, 0.3) is 0 Å². The van der Waals surface area contributed by atoms with E-state index < -0.39 is 10.0 Å². The van der Waals surface area contributed by atoms with E-state index in [2.05, 4.69) is 5.32 Å². The lowest BCUT2D eigenvalue weighted by Gasteiger charge is -2.30. The molecule has 27 heavy (non-hydrogen) atoms. The Morgan fingerprint density at radius 1 is 1.15 bits per heavy atom. The zero-order valence-electron chi connectivity index (χ0n) is 15.7. The van der Waals surface area contributed by atoms with Gasteiger partial charge in [0.1, 0.15) is 0 Å². The summed E-state index contributed by atoms with van der Waals surface area (Å²) in [6.45, 7) is 2.97. The third kappa shape index (κ3) is 4.05. The molecule has 2 saturated heterocycles. The number of rotatable bonds is 5. The summed E-state index contributed by atoms with van der Waals surface area (Å²) in [6.07, 6.45) is 5.27. The third-order valence-corrected chi connectivity index (χ3v) is 8.02. The maximum Gasteiger partial charge on any atom is 0.243 e. The second-order valence-corrected chi connectivity index (χ2v) is 9.88. The number of fused-ring (bicyclic) bond motifs is 1. The van der Waals surface area contributed by atoms with Gasteiger partial charge in [-0.25, -0.2) is 8.42 Å². The van der Waals surface area contributed by atoms with Crippen molar-refractivity contribution in [1.29, 1.82) is 0 Å². The second-order valence-electron chi connectivity index (χ2n) is 7.94. The summed E-state index contributed by atoms with van der Waals surface area (Å²) in [6, 6.07) is 5.55. The Morgan fingerprint density at radius 2 is 1.93 bits per heavy atom. The number of carbonyl (C=O) groups is 1. The summed E-state index contributed by atoms with van der Waals surface area (Å²) in [5.41, 5.74) is 2.44. The van der Waals surface area contributed by atoms with Crippen LogP contribution in [-0.4, -0.2) is 51.5 Å². The predicted octanol–water partition coefficient (Wildman–Crippen LogP) is 1.73. The highest BCUT2D eigenvalue weighted by molar-refractivity contribution is 7.89. The number of benzene rings is 1. The average molecular weight is 393 g/mol. The standard InChI is InChI=1S/C20H28N2O4S/c23-20(21-13-15-8-11-26-14-15)17-6-9-22(10-7-17)27(24,25)19-5-4-16-2-1-3-18(16)12-19/h4-5,12,15,17H,1-3,6-11,13-14H2,(H,21,23)/t15-/m1/s1. The van der Waals surface area contributed by atoms with Gasteiger partial charge in [0.15, 0.2) is 0 Å². The molecular formula is C20H28N2O4S. The van der Waals surface area contributed by atoms with Crippen molar-refractivity contribution in [3.63, 3.8) is 0 Å². The van der Waals surface area contributed by atoms with E-state index in [0.717, 1.165) is 38.9 Å². The van der Waals surface area contributed by atoms with Crippen molar-refractivity contribution in [2.75, 3.05) is 32.8 Å². The molecule has 0 aromatic heterocycles. The second kappa shape index (κ2) is 7.89. The molecule has 4 rings (SSSR count). The first kappa shape index (κ1) is 18.9. The van der Waals surface area contributed by atoms with Crippen molar-refractivity contribution in [3.8, 4) is 0 Å². The van der Waals surface area contributed by atoms with Crippen LogP contribution in [0, 0.1) is 11.8 Å². The zero-order valence-corrected chi connectivity index (χ0v) is 16.5. The predicted molar refractivity (Wildman–Crippen MR) is 102 cm³/mol. The molecule has 1 atom stereocenters.